The van der Waals surface area contributed by atoms with Crippen LogP contribution in [0.5, 0.6) is 0 Å². The predicted octanol–water partition coefficient (Wildman–Crippen LogP) is 1.79. The van der Waals surface area contributed by atoms with Gasteiger partial charge in [0, 0.05) is 39.1 Å². The molecule has 0 unspecified atom stereocenters. The van der Waals surface area contributed by atoms with E-state index in [-0.39, 0.29) is 29.9 Å². The minimum atomic E-state index is -0.132. The molecule has 3 N–H and O–H groups in total. The third-order valence-electron chi connectivity index (χ3n) is 3.15. The molecule has 0 bridgehead atoms. The van der Waals surface area contributed by atoms with Crippen molar-refractivity contribution < 1.29 is 4.79 Å². The second-order valence-electron chi connectivity index (χ2n) is 4.84. The van der Waals surface area contributed by atoms with Crippen molar-refractivity contribution in [2.75, 3.05) is 20.1 Å². The summed E-state index contributed by atoms with van der Waals surface area (Å²) in [5.41, 5.74) is 1.74. The number of nitrogens with one attached hydrogen (secondary N) is 3. The number of halogens is 1. The molecule has 2 rings (SSSR count). The Morgan fingerprint density at radius 2 is 1.79 bits per heavy atom. The van der Waals surface area contributed by atoms with Gasteiger partial charge in [0.15, 0.2) is 5.96 Å². The molecule has 1 aromatic heterocycles. The number of hydrogen-bond donors (Lipinski definition) is 3. The molecule has 1 heterocycles. The Labute approximate surface area is 159 Å². The molecule has 6 nitrogen and oxygen atoms in total. The van der Waals surface area contributed by atoms with Crippen LogP contribution in [-0.2, 0) is 6.54 Å². The Hall–Kier alpha value is -2.16. The zero-order valence-corrected chi connectivity index (χ0v) is 15.9. The number of aromatic nitrogens is 1. The maximum absolute atomic E-state index is 11.8. The van der Waals surface area contributed by atoms with Gasteiger partial charge >= 0.3 is 0 Å². The largest absolute Gasteiger partial charge is 0.355 e. The predicted molar refractivity (Wildman–Crippen MR) is 107 cm³/mol. The third kappa shape index (κ3) is 6.95. The summed E-state index contributed by atoms with van der Waals surface area (Å²) >= 11 is 0. The van der Waals surface area contributed by atoms with Gasteiger partial charge in [0.05, 0.1) is 5.56 Å². The second kappa shape index (κ2) is 11.4. The highest BCUT2D eigenvalue weighted by atomic mass is 127. The van der Waals surface area contributed by atoms with Crippen LogP contribution in [0.1, 0.15) is 15.9 Å². The van der Waals surface area contributed by atoms with E-state index in [1.807, 2.05) is 30.3 Å². The van der Waals surface area contributed by atoms with Crippen LogP contribution in [0, 0.1) is 0 Å². The summed E-state index contributed by atoms with van der Waals surface area (Å²) in [6.07, 6.45) is 3.18. The summed E-state index contributed by atoms with van der Waals surface area (Å²) in [6, 6.07) is 13.6. The van der Waals surface area contributed by atoms with Crippen LogP contribution in [0.2, 0.25) is 0 Å². The van der Waals surface area contributed by atoms with E-state index >= 15 is 0 Å². The monoisotopic (exact) mass is 439 g/mol. The maximum Gasteiger partial charge on any atom is 0.252 e. The van der Waals surface area contributed by atoms with E-state index in [4.69, 9.17) is 0 Å². The first-order valence-electron chi connectivity index (χ1n) is 7.46. The van der Waals surface area contributed by atoms with Crippen LogP contribution in [0.3, 0.4) is 0 Å². The molecule has 0 saturated heterocycles. The van der Waals surface area contributed by atoms with E-state index in [9.17, 15) is 4.79 Å². The Balaban J connectivity index is 0.00000288. The molecular weight excluding hydrogens is 417 g/mol. The lowest BCUT2D eigenvalue weighted by atomic mass is 10.2. The van der Waals surface area contributed by atoms with E-state index < -0.39 is 0 Å². The summed E-state index contributed by atoms with van der Waals surface area (Å²) < 4.78 is 0. The molecule has 0 fully saturated rings. The number of aliphatic imine (C=N–C) groups is 1. The van der Waals surface area contributed by atoms with Gasteiger partial charge in [-0.1, -0.05) is 30.3 Å². The van der Waals surface area contributed by atoms with Crippen molar-refractivity contribution in [3.05, 3.63) is 66.0 Å². The summed E-state index contributed by atoms with van der Waals surface area (Å²) in [5, 5.41) is 9.20. The number of benzene rings is 1. The molecule has 2 aromatic rings. The average Bonchev–Trinajstić information content (AvgIpc) is 2.62. The molecule has 0 spiro atoms. The van der Waals surface area contributed by atoms with Crippen LogP contribution >= 0.6 is 24.0 Å². The highest BCUT2D eigenvalue weighted by Gasteiger charge is 2.04. The van der Waals surface area contributed by atoms with E-state index in [1.54, 1.807) is 31.6 Å². The number of guanidine groups is 1. The first kappa shape index (κ1) is 19.9. The van der Waals surface area contributed by atoms with Gasteiger partial charge in [-0.25, -0.2) is 0 Å². The lowest BCUT2D eigenvalue weighted by Gasteiger charge is -2.12. The van der Waals surface area contributed by atoms with Crippen LogP contribution in [0.25, 0.3) is 0 Å². The van der Waals surface area contributed by atoms with Gasteiger partial charge in [-0.05, 0) is 17.7 Å². The molecular formula is C17H22IN5O. The molecule has 0 aliphatic heterocycles. The topological polar surface area (TPSA) is 78.4 Å². The molecule has 0 aliphatic carbocycles. The minimum absolute atomic E-state index is 0. The second-order valence-corrected chi connectivity index (χ2v) is 4.84. The number of carbonyl (C=O) groups is 1. The van der Waals surface area contributed by atoms with Crippen molar-refractivity contribution >= 4 is 35.8 Å². The van der Waals surface area contributed by atoms with Crippen molar-refractivity contribution in [1.29, 1.82) is 0 Å². The number of amides is 1. The lowest BCUT2D eigenvalue weighted by molar-refractivity contribution is 0.0954. The Kier molecular flexibility index (Phi) is 9.44. The van der Waals surface area contributed by atoms with Gasteiger partial charge in [-0.3, -0.25) is 14.8 Å². The van der Waals surface area contributed by atoms with Crippen molar-refractivity contribution in [2.24, 2.45) is 4.99 Å². The molecule has 1 aromatic carbocycles. The fourth-order valence-corrected chi connectivity index (χ4v) is 1.96. The molecule has 1 amide bonds. The van der Waals surface area contributed by atoms with E-state index in [0.717, 1.165) is 0 Å². The van der Waals surface area contributed by atoms with Gasteiger partial charge in [0.2, 0.25) is 0 Å². The van der Waals surface area contributed by atoms with E-state index in [0.29, 0.717) is 31.2 Å². The number of nitrogens with zero attached hydrogens (tertiary/aromatic N) is 2. The maximum atomic E-state index is 11.8. The van der Waals surface area contributed by atoms with Crippen LogP contribution in [-0.4, -0.2) is 37.0 Å². The zero-order valence-electron chi connectivity index (χ0n) is 13.5. The number of carbonyl (C=O) groups excluding carboxylic acids is 1. The standard InChI is InChI=1S/C17H21N5O.HI/c1-18-17(22-12-14-6-3-2-4-7-14)21-11-10-20-16(23)15-8-5-9-19-13-15;/h2-9,13H,10-12H2,1H3,(H,20,23)(H2,18,21,22);1H. The quantitative estimate of drug-likeness (QED) is 0.278. The summed E-state index contributed by atoms with van der Waals surface area (Å²) in [6.45, 7) is 1.78. The van der Waals surface area contributed by atoms with Crippen molar-refractivity contribution in [2.45, 2.75) is 6.54 Å². The van der Waals surface area contributed by atoms with Gasteiger partial charge < -0.3 is 16.0 Å². The molecule has 24 heavy (non-hydrogen) atoms. The smallest absolute Gasteiger partial charge is 0.252 e. The minimum Gasteiger partial charge on any atom is -0.355 e. The summed E-state index contributed by atoms with van der Waals surface area (Å²) in [5.74, 6) is 0.566. The van der Waals surface area contributed by atoms with Crippen LogP contribution in [0.15, 0.2) is 59.9 Å². The molecule has 0 atom stereocenters. The summed E-state index contributed by atoms with van der Waals surface area (Å²) in [7, 11) is 1.72. The third-order valence-corrected chi connectivity index (χ3v) is 3.15. The van der Waals surface area contributed by atoms with Crippen LogP contribution < -0.4 is 16.0 Å². The SMILES string of the molecule is CN=C(NCCNC(=O)c1cccnc1)NCc1ccccc1.I. The van der Waals surface area contributed by atoms with Gasteiger partial charge in [0.25, 0.3) is 5.91 Å². The fraction of sp³-hybridized carbons (Fsp3) is 0.235. The molecule has 7 heteroatoms. The highest BCUT2D eigenvalue weighted by molar-refractivity contribution is 14.0. The number of pyridine rings is 1. The van der Waals surface area contributed by atoms with Gasteiger partial charge in [-0.15, -0.1) is 24.0 Å². The van der Waals surface area contributed by atoms with Crippen LogP contribution in [0.4, 0.5) is 0 Å². The number of hydrogen-bond acceptors (Lipinski definition) is 3. The molecule has 0 saturated carbocycles. The first-order valence-corrected chi connectivity index (χ1v) is 7.46. The van der Waals surface area contributed by atoms with Gasteiger partial charge in [0.1, 0.15) is 0 Å². The highest BCUT2D eigenvalue weighted by Crippen LogP contribution is 1.97. The van der Waals surface area contributed by atoms with E-state index in [2.05, 4.69) is 25.9 Å². The Morgan fingerprint density at radius 3 is 2.46 bits per heavy atom. The Bertz CT molecular complexity index is 634. The zero-order chi connectivity index (χ0) is 16.3. The first-order chi connectivity index (χ1) is 11.3. The fourth-order valence-electron chi connectivity index (χ4n) is 1.96. The van der Waals surface area contributed by atoms with E-state index in [1.165, 1.54) is 5.56 Å². The number of rotatable bonds is 6. The normalized spacial score (nSPS) is 10.5. The average molecular weight is 439 g/mol. The molecule has 0 radical (unpaired) electrons. The molecule has 128 valence electrons. The summed E-state index contributed by atoms with van der Waals surface area (Å²) in [4.78, 5) is 19.9. The van der Waals surface area contributed by atoms with Gasteiger partial charge in [-0.2, -0.15) is 0 Å². The van der Waals surface area contributed by atoms with Crippen molar-refractivity contribution in [1.82, 2.24) is 20.9 Å². The van der Waals surface area contributed by atoms with Crippen molar-refractivity contribution in [3.8, 4) is 0 Å². The lowest BCUT2D eigenvalue weighted by Crippen LogP contribution is -2.41. The Morgan fingerprint density at radius 1 is 1.04 bits per heavy atom. The molecule has 0 aliphatic rings. The van der Waals surface area contributed by atoms with Crippen molar-refractivity contribution in [3.63, 3.8) is 0 Å².